The van der Waals surface area contributed by atoms with Gasteiger partial charge in [-0.3, -0.25) is 0 Å². The second-order valence-corrected chi connectivity index (χ2v) is 3.84. The minimum Gasteiger partial charge on any atom is -0.315 e. The van der Waals surface area contributed by atoms with E-state index in [2.05, 4.69) is 17.5 Å². The van der Waals surface area contributed by atoms with Gasteiger partial charge in [0.15, 0.2) is 0 Å². The van der Waals surface area contributed by atoms with Crippen molar-refractivity contribution in [1.82, 2.24) is 5.32 Å². The van der Waals surface area contributed by atoms with Crippen molar-refractivity contribution >= 4 is 11.6 Å². The third kappa shape index (κ3) is 3.91. The second-order valence-electron chi connectivity index (χ2n) is 3.43. The van der Waals surface area contributed by atoms with Crippen LogP contribution in [0, 0.1) is 18.3 Å². The molecule has 0 unspecified atom stereocenters. The lowest BCUT2D eigenvalue weighted by Crippen LogP contribution is -2.18. The fourth-order valence-corrected chi connectivity index (χ4v) is 1.61. The van der Waals surface area contributed by atoms with Crippen LogP contribution in [0.2, 0.25) is 5.02 Å². The van der Waals surface area contributed by atoms with Crippen LogP contribution in [0.5, 0.6) is 0 Å². The molecular weight excluding hydrogens is 208 g/mol. The van der Waals surface area contributed by atoms with Crippen LogP contribution in [0.4, 0.5) is 0 Å². The Morgan fingerprint density at radius 2 is 2.20 bits per heavy atom. The van der Waals surface area contributed by atoms with E-state index in [1.54, 1.807) is 0 Å². The summed E-state index contributed by atoms with van der Waals surface area (Å²) in [5, 5.41) is 12.4. The summed E-state index contributed by atoms with van der Waals surface area (Å²) in [7, 11) is 0. The van der Waals surface area contributed by atoms with Crippen LogP contribution in [-0.2, 0) is 6.42 Å². The highest BCUT2D eigenvalue weighted by Crippen LogP contribution is 2.18. The van der Waals surface area contributed by atoms with E-state index in [4.69, 9.17) is 16.9 Å². The molecule has 1 rings (SSSR count). The first-order chi connectivity index (χ1) is 7.25. The van der Waals surface area contributed by atoms with Crippen molar-refractivity contribution in [3.63, 3.8) is 0 Å². The summed E-state index contributed by atoms with van der Waals surface area (Å²) in [4.78, 5) is 0. The van der Waals surface area contributed by atoms with Gasteiger partial charge >= 0.3 is 0 Å². The van der Waals surface area contributed by atoms with Gasteiger partial charge in [-0.1, -0.05) is 23.7 Å². The lowest BCUT2D eigenvalue weighted by Gasteiger charge is -2.07. The molecule has 0 saturated carbocycles. The van der Waals surface area contributed by atoms with E-state index in [-0.39, 0.29) is 0 Å². The zero-order valence-corrected chi connectivity index (χ0v) is 9.64. The van der Waals surface area contributed by atoms with Gasteiger partial charge in [-0.05, 0) is 37.1 Å². The maximum absolute atomic E-state index is 8.36. The topological polar surface area (TPSA) is 35.8 Å². The van der Waals surface area contributed by atoms with E-state index in [9.17, 15) is 0 Å². The van der Waals surface area contributed by atoms with Crippen LogP contribution >= 0.6 is 11.6 Å². The maximum Gasteiger partial charge on any atom is 0.0635 e. The van der Waals surface area contributed by atoms with Gasteiger partial charge in [0, 0.05) is 18.0 Å². The van der Waals surface area contributed by atoms with Crippen molar-refractivity contribution in [3.8, 4) is 6.07 Å². The molecule has 0 bridgehead atoms. The summed E-state index contributed by atoms with van der Waals surface area (Å²) in [6.07, 6.45) is 1.52. The fourth-order valence-electron chi connectivity index (χ4n) is 1.42. The molecule has 1 aromatic rings. The first kappa shape index (κ1) is 12.0. The molecule has 0 heterocycles. The number of hydrogen-bond donors (Lipinski definition) is 1. The molecule has 15 heavy (non-hydrogen) atoms. The predicted octanol–water partition coefficient (Wildman–Crippen LogP) is 2.69. The number of hydrogen-bond acceptors (Lipinski definition) is 2. The van der Waals surface area contributed by atoms with Crippen LogP contribution in [-0.4, -0.2) is 13.1 Å². The van der Waals surface area contributed by atoms with E-state index < -0.39 is 0 Å². The standard InChI is InChI=1S/C12H15ClN2/c1-10-11(4-2-5-12(10)13)6-9-15-8-3-7-14/h2,4-5,15H,3,6,8-9H2,1H3. The predicted molar refractivity (Wildman–Crippen MR) is 63.0 cm³/mol. The molecule has 0 amide bonds. The van der Waals surface area contributed by atoms with Crippen LogP contribution < -0.4 is 5.32 Å². The van der Waals surface area contributed by atoms with Crippen molar-refractivity contribution in [2.75, 3.05) is 13.1 Å². The molecule has 0 fully saturated rings. The van der Waals surface area contributed by atoms with Gasteiger partial charge in [0.1, 0.15) is 0 Å². The normalized spacial score (nSPS) is 9.93. The van der Waals surface area contributed by atoms with Crippen molar-refractivity contribution in [2.24, 2.45) is 0 Å². The maximum atomic E-state index is 8.36. The molecule has 0 aliphatic rings. The Hall–Kier alpha value is -1.04. The summed E-state index contributed by atoms with van der Waals surface area (Å²) in [6, 6.07) is 8.07. The number of nitrogens with zero attached hydrogens (tertiary/aromatic N) is 1. The number of halogens is 1. The molecule has 1 N–H and O–H groups in total. The van der Waals surface area contributed by atoms with Crippen LogP contribution in [0.25, 0.3) is 0 Å². The second kappa shape index (κ2) is 6.44. The highest BCUT2D eigenvalue weighted by atomic mass is 35.5. The Balaban J connectivity index is 2.38. The molecule has 0 aromatic heterocycles. The van der Waals surface area contributed by atoms with Crippen molar-refractivity contribution in [3.05, 3.63) is 34.3 Å². The molecule has 0 atom stereocenters. The first-order valence-electron chi connectivity index (χ1n) is 5.07. The SMILES string of the molecule is Cc1c(Cl)cccc1CCNCCC#N. The first-order valence-corrected chi connectivity index (χ1v) is 5.45. The summed E-state index contributed by atoms with van der Waals surface area (Å²) in [5.41, 5.74) is 2.42. The lowest BCUT2D eigenvalue weighted by molar-refractivity contribution is 0.691. The Kier molecular flexibility index (Phi) is 5.17. The van der Waals surface area contributed by atoms with Gasteiger partial charge in [-0.15, -0.1) is 0 Å². The van der Waals surface area contributed by atoms with Gasteiger partial charge in [0.25, 0.3) is 0 Å². The minimum absolute atomic E-state index is 0.564. The Labute approximate surface area is 95.9 Å². The van der Waals surface area contributed by atoms with Gasteiger partial charge in [0.2, 0.25) is 0 Å². The van der Waals surface area contributed by atoms with E-state index in [1.807, 2.05) is 19.1 Å². The van der Waals surface area contributed by atoms with Gasteiger partial charge in [-0.2, -0.15) is 5.26 Å². The van der Waals surface area contributed by atoms with Gasteiger partial charge < -0.3 is 5.32 Å². The van der Waals surface area contributed by atoms with Crippen LogP contribution in [0.3, 0.4) is 0 Å². The summed E-state index contributed by atoms with van der Waals surface area (Å²) >= 11 is 6.01. The van der Waals surface area contributed by atoms with E-state index >= 15 is 0 Å². The van der Waals surface area contributed by atoms with Gasteiger partial charge in [-0.25, -0.2) is 0 Å². The summed E-state index contributed by atoms with van der Waals surface area (Å²) in [5.74, 6) is 0. The van der Waals surface area contributed by atoms with Crippen LogP contribution in [0.1, 0.15) is 17.5 Å². The van der Waals surface area contributed by atoms with Gasteiger partial charge in [0.05, 0.1) is 6.07 Å². The monoisotopic (exact) mass is 222 g/mol. The third-order valence-electron chi connectivity index (χ3n) is 2.36. The number of rotatable bonds is 5. The Bertz CT molecular complexity index is 355. The van der Waals surface area contributed by atoms with E-state index in [1.165, 1.54) is 5.56 Å². The minimum atomic E-state index is 0.564. The highest BCUT2D eigenvalue weighted by Gasteiger charge is 2.00. The molecule has 0 saturated heterocycles. The molecule has 0 aliphatic heterocycles. The smallest absolute Gasteiger partial charge is 0.0635 e. The quantitative estimate of drug-likeness (QED) is 0.778. The number of nitriles is 1. The Morgan fingerprint density at radius 3 is 2.93 bits per heavy atom. The third-order valence-corrected chi connectivity index (χ3v) is 2.77. The van der Waals surface area contributed by atoms with E-state index in [0.29, 0.717) is 6.42 Å². The summed E-state index contributed by atoms with van der Waals surface area (Å²) < 4.78 is 0. The molecular formula is C12H15ClN2. The highest BCUT2D eigenvalue weighted by molar-refractivity contribution is 6.31. The average Bonchev–Trinajstić information content (AvgIpc) is 2.24. The Morgan fingerprint density at radius 1 is 1.40 bits per heavy atom. The molecule has 2 nitrogen and oxygen atoms in total. The summed E-state index contributed by atoms with van der Waals surface area (Å²) in [6.45, 7) is 3.69. The average molecular weight is 223 g/mol. The van der Waals surface area contributed by atoms with Crippen molar-refractivity contribution in [1.29, 1.82) is 5.26 Å². The molecule has 1 aromatic carbocycles. The zero-order valence-electron chi connectivity index (χ0n) is 8.89. The number of benzene rings is 1. The zero-order chi connectivity index (χ0) is 11.1. The molecule has 0 aliphatic carbocycles. The van der Waals surface area contributed by atoms with E-state index in [0.717, 1.165) is 30.1 Å². The van der Waals surface area contributed by atoms with Crippen molar-refractivity contribution < 1.29 is 0 Å². The van der Waals surface area contributed by atoms with Crippen LogP contribution in [0.15, 0.2) is 18.2 Å². The lowest BCUT2D eigenvalue weighted by atomic mass is 10.1. The molecule has 0 spiro atoms. The fraction of sp³-hybridized carbons (Fsp3) is 0.417. The molecule has 0 radical (unpaired) electrons. The number of nitrogens with one attached hydrogen (secondary N) is 1. The molecule has 80 valence electrons. The largest absolute Gasteiger partial charge is 0.315 e. The van der Waals surface area contributed by atoms with Crippen molar-refractivity contribution in [2.45, 2.75) is 19.8 Å². The molecule has 3 heteroatoms.